The zero-order valence-corrected chi connectivity index (χ0v) is 11.8. The molecule has 1 heterocycles. The number of nitrogens with zero attached hydrogens (tertiary/aromatic N) is 1. The Morgan fingerprint density at radius 1 is 1.18 bits per heavy atom. The van der Waals surface area contributed by atoms with Gasteiger partial charge in [0.05, 0.1) is 11.2 Å². The molecule has 1 rings (SSSR count). The second-order valence-electron chi connectivity index (χ2n) is 6.55. The SMILES string of the molecule is CC(C)C(C(=O)O)N1CC(C)(C)OC(C)(C)C1. The summed E-state index contributed by atoms with van der Waals surface area (Å²) in [4.78, 5) is 13.4. The molecule has 1 atom stereocenters. The Hall–Kier alpha value is -0.610. The standard InChI is InChI=1S/C13H25NO3/c1-9(2)10(11(15)16)14-7-12(3,4)17-13(5,6)8-14/h9-10H,7-8H2,1-6H3,(H,15,16). The van der Waals surface area contributed by atoms with Gasteiger partial charge in [-0.2, -0.15) is 0 Å². The number of ether oxygens (including phenoxy) is 1. The third kappa shape index (κ3) is 3.68. The topological polar surface area (TPSA) is 49.8 Å². The van der Waals surface area contributed by atoms with Gasteiger partial charge >= 0.3 is 5.97 Å². The molecule has 0 radical (unpaired) electrons. The van der Waals surface area contributed by atoms with Crippen molar-refractivity contribution in [1.82, 2.24) is 4.90 Å². The summed E-state index contributed by atoms with van der Waals surface area (Å²) in [6, 6.07) is -0.433. The molecule has 0 aliphatic carbocycles. The lowest BCUT2D eigenvalue weighted by Gasteiger charge is -2.49. The molecule has 1 unspecified atom stereocenters. The second-order valence-corrected chi connectivity index (χ2v) is 6.55. The third-order valence-corrected chi connectivity index (χ3v) is 3.00. The van der Waals surface area contributed by atoms with E-state index in [2.05, 4.69) is 0 Å². The molecule has 0 bridgehead atoms. The van der Waals surface area contributed by atoms with Crippen LogP contribution in [0, 0.1) is 5.92 Å². The Morgan fingerprint density at radius 2 is 1.59 bits per heavy atom. The van der Waals surface area contributed by atoms with Crippen LogP contribution in [0.15, 0.2) is 0 Å². The molecule has 1 fully saturated rings. The number of hydrogen-bond donors (Lipinski definition) is 1. The van der Waals surface area contributed by atoms with Gasteiger partial charge in [0.25, 0.3) is 0 Å². The third-order valence-electron chi connectivity index (χ3n) is 3.00. The molecule has 0 aromatic rings. The van der Waals surface area contributed by atoms with Gasteiger partial charge in [-0.05, 0) is 33.6 Å². The highest BCUT2D eigenvalue weighted by Gasteiger charge is 2.43. The van der Waals surface area contributed by atoms with Crippen LogP contribution in [-0.2, 0) is 9.53 Å². The summed E-state index contributed by atoms with van der Waals surface area (Å²) >= 11 is 0. The summed E-state index contributed by atoms with van der Waals surface area (Å²) in [6.45, 7) is 13.3. The van der Waals surface area contributed by atoms with E-state index in [9.17, 15) is 9.90 Å². The van der Waals surface area contributed by atoms with E-state index in [-0.39, 0.29) is 17.1 Å². The summed E-state index contributed by atoms with van der Waals surface area (Å²) in [6.07, 6.45) is 0. The Labute approximate surface area is 104 Å². The minimum absolute atomic E-state index is 0.0946. The first-order valence-electron chi connectivity index (χ1n) is 6.21. The van der Waals surface area contributed by atoms with Gasteiger partial charge in [-0.1, -0.05) is 13.8 Å². The van der Waals surface area contributed by atoms with Crippen LogP contribution in [0.25, 0.3) is 0 Å². The molecule has 0 aromatic carbocycles. The van der Waals surface area contributed by atoms with Crippen molar-refractivity contribution in [2.45, 2.75) is 58.8 Å². The van der Waals surface area contributed by atoms with Gasteiger partial charge in [0.2, 0.25) is 0 Å². The lowest BCUT2D eigenvalue weighted by atomic mass is 9.94. The number of rotatable bonds is 3. The van der Waals surface area contributed by atoms with Crippen molar-refractivity contribution in [2.75, 3.05) is 13.1 Å². The van der Waals surface area contributed by atoms with Gasteiger partial charge < -0.3 is 9.84 Å². The van der Waals surface area contributed by atoms with Gasteiger partial charge in [-0.15, -0.1) is 0 Å². The van der Waals surface area contributed by atoms with Crippen LogP contribution >= 0.6 is 0 Å². The number of carboxylic acids is 1. The highest BCUT2D eigenvalue weighted by atomic mass is 16.5. The Bertz CT molecular complexity index is 281. The van der Waals surface area contributed by atoms with Crippen molar-refractivity contribution in [2.24, 2.45) is 5.92 Å². The Balaban J connectivity index is 2.92. The largest absolute Gasteiger partial charge is 0.480 e. The van der Waals surface area contributed by atoms with Gasteiger partial charge in [-0.25, -0.2) is 0 Å². The van der Waals surface area contributed by atoms with E-state index in [0.29, 0.717) is 13.1 Å². The first-order valence-corrected chi connectivity index (χ1v) is 6.21. The van der Waals surface area contributed by atoms with E-state index in [1.807, 2.05) is 46.4 Å². The highest BCUT2D eigenvalue weighted by Crippen LogP contribution is 2.30. The number of carbonyl (C=O) groups is 1. The normalized spacial score (nSPS) is 25.8. The smallest absolute Gasteiger partial charge is 0.321 e. The van der Waals surface area contributed by atoms with Crippen LogP contribution in [0.1, 0.15) is 41.5 Å². The monoisotopic (exact) mass is 243 g/mol. The number of hydrogen-bond acceptors (Lipinski definition) is 3. The predicted octanol–water partition coefficient (Wildman–Crippen LogP) is 1.98. The summed E-state index contributed by atoms with van der Waals surface area (Å²) in [7, 11) is 0. The van der Waals surface area contributed by atoms with Gasteiger partial charge in [0.1, 0.15) is 6.04 Å². The Morgan fingerprint density at radius 3 is 1.88 bits per heavy atom. The van der Waals surface area contributed by atoms with Crippen LogP contribution in [0.4, 0.5) is 0 Å². The van der Waals surface area contributed by atoms with Crippen molar-refractivity contribution >= 4 is 5.97 Å². The van der Waals surface area contributed by atoms with Crippen molar-refractivity contribution in [3.05, 3.63) is 0 Å². The zero-order valence-electron chi connectivity index (χ0n) is 11.8. The van der Waals surface area contributed by atoms with E-state index < -0.39 is 12.0 Å². The fraction of sp³-hybridized carbons (Fsp3) is 0.923. The van der Waals surface area contributed by atoms with Crippen molar-refractivity contribution < 1.29 is 14.6 Å². The first-order chi connectivity index (χ1) is 7.54. The van der Waals surface area contributed by atoms with Crippen LogP contribution in [0.3, 0.4) is 0 Å². The van der Waals surface area contributed by atoms with E-state index >= 15 is 0 Å². The van der Waals surface area contributed by atoms with E-state index in [1.165, 1.54) is 0 Å². The summed E-state index contributed by atoms with van der Waals surface area (Å²) in [5.74, 6) is -0.648. The van der Waals surface area contributed by atoms with Crippen molar-refractivity contribution in [1.29, 1.82) is 0 Å². The van der Waals surface area contributed by atoms with Crippen LogP contribution in [0.2, 0.25) is 0 Å². The minimum Gasteiger partial charge on any atom is -0.480 e. The molecule has 100 valence electrons. The minimum atomic E-state index is -0.742. The second kappa shape index (κ2) is 4.58. The van der Waals surface area contributed by atoms with Gasteiger partial charge in [0, 0.05) is 13.1 Å². The molecule has 1 aliphatic rings. The summed E-state index contributed by atoms with van der Waals surface area (Å²) in [5, 5.41) is 9.35. The number of carboxylic acid groups (broad SMARTS) is 1. The van der Waals surface area contributed by atoms with E-state index in [0.717, 1.165) is 0 Å². The van der Waals surface area contributed by atoms with E-state index in [1.54, 1.807) is 0 Å². The van der Waals surface area contributed by atoms with Crippen molar-refractivity contribution in [3.8, 4) is 0 Å². The van der Waals surface area contributed by atoms with Gasteiger partial charge in [-0.3, -0.25) is 9.69 Å². The maximum Gasteiger partial charge on any atom is 0.321 e. The quantitative estimate of drug-likeness (QED) is 0.823. The average molecular weight is 243 g/mol. The molecule has 17 heavy (non-hydrogen) atoms. The molecule has 4 nitrogen and oxygen atoms in total. The predicted molar refractivity (Wildman–Crippen MR) is 67.1 cm³/mol. The molecule has 1 N–H and O–H groups in total. The lowest BCUT2D eigenvalue weighted by molar-refractivity contribution is -0.194. The fourth-order valence-corrected chi connectivity index (χ4v) is 2.91. The van der Waals surface area contributed by atoms with Crippen LogP contribution in [0.5, 0.6) is 0 Å². The number of aliphatic carboxylic acids is 1. The maximum atomic E-state index is 11.4. The molecule has 4 heteroatoms. The molecule has 1 saturated heterocycles. The zero-order chi connectivity index (χ0) is 13.4. The molecule has 0 spiro atoms. The highest BCUT2D eigenvalue weighted by molar-refractivity contribution is 5.73. The van der Waals surface area contributed by atoms with Crippen molar-refractivity contribution in [3.63, 3.8) is 0 Å². The molecule has 0 aromatic heterocycles. The summed E-state index contributed by atoms with van der Waals surface area (Å²) in [5.41, 5.74) is -0.602. The fourth-order valence-electron chi connectivity index (χ4n) is 2.91. The van der Waals surface area contributed by atoms with E-state index in [4.69, 9.17) is 4.74 Å². The molecule has 1 aliphatic heterocycles. The average Bonchev–Trinajstić information content (AvgIpc) is 1.93. The van der Waals surface area contributed by atoms with Crippen LogP contribution < -0.4 is 0 Å². The number of morpholine rings is 1. The molecular weight excluding hydrogens is 218 g/mol. The first kappa shape index (κ1) is 14.5. The lowest BCUT2D eigenvalue weighted by Crippen LogP contribution is -2.62. The van der Waals surface area contributed by atoms with Crippen LogP contribution in [-0.4, -0.2) is 46.3 Å². The molecule has 0 amide bonds. The van der Waals surface area contributed by atoms with Gasteiger partial charge in [0.15, 0.2) is 0 Å². The maximum absolute atomic E-state index is 11.4. The summed E-state index contributed by atoms with van der Waals surface area (Å²) < 4.78 is 5.97. The Kier molecular flexibility index (Phi) is 3.89. The molecular formula is C13H25NO3. The molecule has 0 saturated carbocycles.